The maximum atomic E-state index is 9.53. The van der Waals surface area contributed by atoms with E-state index in [-0.39, 0.29) is 0 Å². The lowest BCUT2D eigenvalue weighted by molar-refractivity contribution is -0.195. The number of hydrogen-bond acceptors (Lipinski definition) is 4. The van der Waals surface area contributed by atoms with Gasteiger partial charge in [0.2, 0.25) is 5.85 Å². The number of nitrogens with two attached hydrogens (primary N) is 1. The van der Waals surface area contributed by atoms with E-state index in [0.717, 1.165) is 25.9 Å². The standard InChI is InChI=1S/C9H20N2O2/c1-8(12)9(10,13-2)11-6-4-3-5-7-11/h8,12H,3-7,10H2,1-2H3. The highest BCUT2D eigenvalue weighted by molar-refractivity contribution is 4.82. The monoisotopic (exact) mass is 188 g/mol. The van der Waals surface area contributed by atoms with Gasteiger partial charge in [-0.2, -0.15) is 0 Å². The van der Waals surface area contributed by atoms with Gasteiger partial charge < -0.3 is 9.84 Å². The van der Waals surface area contributed by atoms with Crippen molar-refractivity contribution in [1.29, 1.82) is 0 Å². The fourth-order valence-corrected chi connectivity index (χ4v) is 1.81. The molecule has 4 heteroatoms. The van der Waals surface area contributed by atoms with Crippen LogP contribution < -0.4 is 5.73 Å². The predicted octanol–water partition coefficient (Wildman–Crippen LogP) is 0.112. The molecule has 0 aliphatic carbocycles. The molecule has 13 heavy (non-hydrogen) atoms. The molecule has 1 fully saturated rings. The first-order valence-electron chi connectivity index (χ1n) is 4.88. The number of aliphatic hydroxyl groups excluding tert-OH is 1. The molecule has 0 bridgehead atoms. The van der Waals surface area contributed by atoms with Crippen molar-refractivity contribution in [2.75, 3.05) is 20.2 Å². The van der Waals surface area contributed by atoms with Crippen molar-refractivity contribution in [2.24, 2.45) is 5.73 Å². The molecule has 1 rings (SSSR count). The van der Waals surface area contributed by atoms with Crippen molar-refractivity contribution < 1.29 is 9.84 Å². The molecule has 0 aromatic carbocycles. The second-order valence-electron chi connectivity index (χ2n) is 3.68. The lowest BCUT2D eigenvalue weighted by Crippen LogP contribution is -2.65. The van der Waals surface area contributed by atoms with E-state index < -0.39 is 12.0 Å². The first-order valence-corrected chi connectivity index (χ1v) is 4.88. The molecule has 78 valence electrons. The smallest absolute Gasteiger partial charge is 0.200 e. The van der Waals surface area contributed by atoms with Gasteiger partial charge in [-0.25, -0.2) is 0 Å². The van der Waals surface area contributed by atoms with Gasteiger partial charge in [-0.05, 0) is 19.8 Å². The molecule has 1 aliphatic heterocycles. The number of hydrogen-bond donors (Lipinski definition) is 2. The summed E-state index contributed by atoms with van der Waals surface area (Å²) in [7, 11) is 1.54. The number of nitrogens with zero attached hydrogens (tertiary/aromatic N) is 1. The number of aliphatic hydroxyl groups is 1. The van der Waals surface area contributed by atoms with E-state index >= 15 is 0 Å². The van der Waals surface area contributed by atoms with Gasteiger partial charge in [0.1, 0.15) is 6.10 Å². The van der Waals surface area contributed by atoms with Crippen LogP contribution in [-0.2, 0) is 4.74 Å². The Kier molecular flexibility index (Phi) is 3.67. The molecule has 2 atom stereocenters. The summed E-state index contributed by atoms with van der Waals surface area (Å²) >= 11 is 0. The topological polar surface area (TPSA) is 58.7 Å². The van der Waals surface area contributed by atoms with Gasteiger partial charge in [0.25, 0.3) is 0 Å². The molecule has 4 nitrogen and oxygen atoms in total. The summed E-state index contributed by atoms with van der Waals surface area (Å²) in [5.41, 5.74) is 5.97. The summed E-state index contributed by atoms with van der Waals surface area (Å²) in [5.74, 6) is -1.000. The Hall–Kier alpha value is -0.160. The van der Waals surface area contributed by atoms with E-state index in [1.165, 1.54) is 6.42 Å². The van der Waals surface area contributed by atoms with Gasteiger partial charge >= 0.3 is 0 Å². The van der Waals surface area contributed by atoms with Gasteiger partial charge in [-0.1, -0.05) is 6.42 Å². The van der Waals surface area contributed by atoms with Crippen LogP contribution in [0.4, 0.5) is 0 Å². The normalized spacial score (nSPS) is 26.8. The first kappa shape index (κ1) is 10.9. The quantitative estimate of drug-likeness (QED) is 0.617. The van der Waals surface area contributed by atoms with Crippen LogP contribution >= 0.6 is 0 Å². The number of piperidine rings is 1. The molecule has 2 unspecified atom stereocenters. The van der Waals surface area contributed by atoms with Crippen molar-refractivity contribution in [1.82, 2.24) is 4.90 Å². The van der Waals surface area contributed by atoms with E-state index in [9.17, 15) is 5.11 Å². The minimum absolute atomic E-state index is 0.671. The van der Waals surface area contributed by atoms with Crippen LogP contribution in [0, 0.1) is 0 Å². The molecule has 3 N–H and O–H groups in total. The lowest BCUT2D eigenvalue weighted by Gasteiger charge is -2.43. The SMILES string of the molecule is COC(N)(C(C)O)N1CCCCC1. The summed E-state index contributed by atoms with van der Waals surface area (Å²) in [5, 5.41) is 9.53. The highest BCUT2D eigenvalue weighted by Gasteiger charge is 2.37. The van der Waals surface area contributed by atoms with Crippen molar-refractivity contribution in [3.05, 3.63) is 0 Å². The summed E-state index contributed by atoms with van der Waals surface area (Å²) in [6, 6.07) is 0. The van der Waals surface area contributed by atoms with Gasteiger partial charge in [-0.3, -0.25) is 10.6 Å². The number of ether oxygens (including phenoxy) is 1. The minimum atomic E-state index is -1.000. The summed E-state index contributed by atoms with van der Waals surface area (Å²) in [6.07, 6.45) is 2.84. The molecule has 1 saturated heterocycles. The van der Waals surface area contributed by atoms with Gasteiger partial charge in [0, 0.05) is 20.2 Å². The summed E-state index contributed by atoms with van der Waals surface area (Å²) in [4.78, 5) is 2.02. The molecular weight excluding hydrogens is 168 g/mol. The average molecular weight is 188 g/mol. The Morgan fingerprint density at radius 3 is 2.31 bits per heavy atom. The van der Waals surface area contributed by atoms with Crippen molar-refractivity contribution in [3.63, 3.8) is 0 Å². The second kappa shape index (κ2) is 4.37. The summed E-state index contributed by atoms with van der Waals surface area (Å²) < 4.78 is 5.19. The van der Waals surface area contributed by atoms with Crippen LogP contribution in [0.1, 0.15) is 26.2 Å². The molecular formula is C9H20N2O2. The van der Waals surface area contributed by atoms with Crippen molar-refractivity contribution >= 4 is 0 Å². The molecule has 0 amide bonds. The Bertz CT molecular complexity index is 158. The van der Waals surface area contributed by atoms with E-state index in [2.05, 4.69) is 0 Å². The summed E-state index contributed by atoms with van der Waals surface area (Å²) in [6.45, 7) is 3.49. The molecule has 0 saturated carbocycles. The maximum Gasteiger partial charge on any atom is 0.200 e. The Morgan fingerprint density at radius 1 is 1.38 bits per heavy atom. The number of rotatable bonds is 3. The van der Waals surface area contributed by atoms with Gasteiger partial charge in [0.05, 0.1) is 0 Å². The third-order valence-electron chi connectivity index (χ3n) is 2.78. The van der Waals surface area contributed by atoms with Crippen LogP contribution in [0.25, 0.3) is 0 Å². The highest BCUT2D eigenvalue weighted by atomic mass is 16.5. The zero-order valence-electron chi connectivity index (χ0n) is 8.49. The fraction of sp³-hybridized carbons (Fsp3) is 1.00. The zero-order valence-corrected chi connectivity index (χ0v) is 8.49. The van der Waals surface area contributed by atoms with Crippen molar-refractivity contribution in [2.45, 2.75) is 38.1 Å². The predicted molar refractivity (Wildman–Crippen MR) is 51.0 cm³/mol. The van der Waals surface area contributed by atoms with Crippen LogP contribution in [0.2, 0.25) is 0 Å². The average Bonchev–Trinajstić information content (AvgIpc) is 2.17. The van der Waals surface area contributed by atoms with E-state index in [0.29, 0.717) is 0 Å². The molecule has 1 heterocycles. The Labute approximate surface area is 79.7 Å². The van der Waals surface area contributed by atoms with Gasteiger partial charge in [0.15, 0.2) is 0 Å². The van der Waals surface area contributed by atoms with Crippen LogP contribution in [0.3, 0.4) is 0 Å². The second-order valence-corrected chi connectivity index (χ2v) is 3.68. The Morgan fingerprint density at radius 2 is 1.92 bits per heavy atom. The first-order chi connectivity index (χ1) is 6.11. The molecule has 0 aromatic heterocycles. The molecule has 0 radical (unpaired) electrons. The highest BCUT2D eigenvalue weighted by Crippen LogP contribution is 2.20. The Balaban J connectivity index is 2.62. The minimum Gasteiger partial charge on any atom is -0.387 e. The maximum absolute atomic E-state index is 9.53. The number of likely N-dealkylation sites (tertiary alicyclic amines) is 1. The van der Waals surface area contributed by atoms with E-state index in [1.54, 1.807) is 14.0 Å². The van der Waals surface area contributed by atoms with Crippen molar-refractivity contribution in [3.8, 4) is 0 Å². The zero-order chi connectivity index (χ0) is 9.90. The van der Waals surface area contributed by atoms with Gasteiger partial charge in [-0.15, -0.1) is 0 Å². The number of methoxy groups -OCH3 is 1. The van der Waals surface area contributed by atoms with Crippen LogP contribution in [-0.4, -0.2) is 42.2 Å². The van der Waals surface area contributed by atoms with Crippen LogP contribution in [0.15, 0.2) is 0 Å². The third kappa shape index (κ3) is 2.20. The largest absolute Gasteiger partial charge is 0.387 e. The molecule has 0 aromatic rings. The van der Waals surface area contributed by atoms with E-state index in [1.807, 2.05) is 4.90 Å². The van der Waals surface area contributed by atoms with E-state index in [4.69, 9.17) is 10.5 Å². The lowest BCUT2D eigenvalue weighted by atomic mass is 10.1. The van der Waals surface area contributed by atoms with Crippen LogP contribution in [0.5, 0.6) is 0 Å². The third-order valence-corrected chi connectivity index (χ3v) is 2.78. The molecule has 0 spiro atoms. The molecule has 1 aliphatic rings. The fourth-order valence-electron chi connectivity index (χ4n) is 1.81.